The summed E-state index contributed by atoms with van der Waals surface area (Å²) in [6.45, 7) is 1.88. The van der Waals surface area contributed by atoms with Crippen molar-refractivity contribution in [2.45, 2.75) is 50.2 Å². The van der Waals surface area contributed by atoms with E-state index in [9.17, 15) is 9.59 Å². The third kappa shape index (κ3) is 3.20. The number of rotatable bonds is 3. The Bertz CT molecular complexity index is 893. The van der Waals surface area contributed by atoms with Crippen molar-refractivity contribution in [3.05, 3.63) is 45.5 Å². The minimum Gasteiger partial charge on any atom is -0.311 e. The number of carbonyl (C=O) groups is 1. The summed E-state index contributed by atoms with van der Waals surface area (Å²) in [7, 11) is 0. The molecule has 0 bridgehead atoms. The van der Waals surface area contributed by atoms with Gasteiger partial charge in [-0.25, -0.2) is 9.97 Å². The van der Waals surface area contributed by atoms with Crippen molar-refractivity contribution in [2.24, 2.45) is 0 Å². The summed E-state index contributed by atoms with van der Waals surface area (Å²) in [4.78, 5) is 34.2. The van der Waals surface area contributed by atoms with E-state index in [-0.39, 0.29) is 23.9 Å². The van der Waals surface area contributed by atoms with Gasteiger partial charge in [0.2, 0.25) is 5.91 Å². The number of aryl methyl sites for hydroxylation is 2. The van der Waals surface area contributed by atoms with E-state index in [1.165, 1.54) is 0 Å². The molecule has 7 heteroatoms. The summed E-state index contributed by atoms with van der Waals surface area (Å²) in [6, 6.07) is 5.37. The highest BCUT2D eigenvalue weighted by molar-refractivity contribution is 7.99. The molecule has 1 aliphatic heterocycles. The van der Waals surface area contributed by atoms with Crippen LogP contribution in [0.2, 0.25) is 0 Å². The van der Waals surface area contributed by atoms with E-state index in [2.05, 4.69) is 15.3 Å². The van der Waals surface area contributed by atoms with Crippen LogP contribution >= 0.6 is 11.8 Å². The highest BCUT2D eigenvalue weighted by Crippen LogP contribution is 2.33. The second-order valence-corrected chi connectivity index (χ2v) is 7.57. The van der Waals surface area contributed by atoms with Gasteiger partial charge in [-0.15, -0.1) is 0 Å². The first-order valence-electron chi connectivity index (χ1n) is 8.62. The SMILES string of the molecule is Cc1cccc(NC(=O)CC2CSc3nc4c(c(=O)n32)CCCC4)n1. The number of hydrogen-bond acceptors (Lipinski definition) is 5. The average Bonchev–Trinajstić information content (AvgIpc) is 2.98. The van der Waals surface area contributed by atoms with Gasteiger partial charge in [0, 0.05) is 23.4 Å². The van der Waals surface area contributed by atoms with Crippen LogP contribution < -0.4 is 10.9 Å². The first kappa shape index (κ1) is 16.3. The molecule has 4 rings (SSSR count). The van der Waals surface area contributed by atoms with E-state index in [0.717, 1.165) is 47.8 Å². The lowest BCUT2D eigenvalue weighted by Crippen LogP contribution is -2.32. The zero-order chi connectivity index (χ0) is 17.4. The largest absolute Gasteiger partial charge is 0.311 e. The molecular weight excluding hydrogens is 336 g/mol. The van der Waals surface area contributed by atoms with E-state index in [1.54, 1.807) is 22.4 Å². The maximum Gasteiger partial charge on any atom is 0.257 e. The molecule has 0 spiro atoms. The van der Waals surface area contributed by atoms with Gasteiger partial charge >= 0.3 is 0 Å². The van der Waals surface area contributed by atoms with Gasteiger partial charge in [0.1, 0.15) is 5.82 Å². The molecule has 1 amide bonds. The van der Waals surface area contributed by atoms with Crippen LogP contribution in [-0.2, 0) is 17.6 Å². The van der Waals surface area contributed by atoms with E-state index >= 15 is 0 Å². The number of pyridine rings is 1. The van der Waals surface area contributed by atoms with Crippen molar-refractivity contribution < 1.29 is 4.79 Å². The van der Waals surface area contributed by atoms with Crippen molar-refractivity contribution in [3.63, 3.8) is 0 Å². The van der Waals surface area contributed by atoms with Crippen LogP contribution in [0, 0.1) is 6.92 Å². The molecule has 0 aromatic carbocycles. The summed E-state index contributed by atoms with van der Waals surface area (Å²) < 4.78 is 1.73. The fraction of sp³-hybridized carbons (Fsp3) is 0.444. The maximum atomic E-state index is 12.9. The second kappa shape index (κ2) is 6.63. The summed E-state index contributed by atoms with van der Waals surface area (Å²) in [5, 5.41) is 3.59. The topological polar surface area (TPSA) is 76.9 Å². The van der Waals surface area contributed by atoms with Gasteiger partial charge in [0.05, 0.1) is 11.7 Å². The van der Waals surface area contributed by atoms with Crippen LogP contribution in [0.5, 0.6) is 0 Å². The zero-order valence-electron chi connectivity index (χ0n) is 14.1. The molecule has 2 aromatic rings. The predicted octanol–water partition coefficient (Wildman–Crippen LogP) is 2.50. The van der Waals surface area contributed by atoms with Gasteiger partial charge < -0.3 is 5.32 Å². The summed E-state index contributed by atoms with van der Waals surface area (Å²) >= 11 is 1.57. The maximum absolute atomic E-state index is 12.9. The first-order valence-corrected chi connectivity index (χ1v) is 9.61. The smallest absolute Gasteiger partial charge is 0.257 e. The molecule has 0 saturated carbocycles. The minimum absolute atomic E-state index is 0.0520. The fourth-order valence-electron chi connectivity index (χ4n) is 3.48. The van der Waals surface area contributed by atoms with Gasteiger partial charge in [-0.2, -0.15) is 0 Å². The zero-order valence-corrected chi connectivity index (χ0v) is 14.9. The number of nitrogens with one attached hydrogen (secondary N) is 1. The number of amides is 1. The number of fused-ring (bicyclic) bond motifs is 2. The van der Waals surface area contributed by atoms with Gasteiger partial charge in [-0.05, 0) is 44.7 Å². The number of nitrogens with zero attached hydrogens (tertiary/aromatic N) is 3. The fourth-order valence-corrected chi connectivity index (χ4v) is 4.64. The van der Waals surface area contributed by atoms with Gasteiger partial charge in [0.15, 0.2) is 5.16 Å². The molecule has 0 saturated heterocycles. The third-order valence-electron chi connectivity index (χ3n) is 4.70. The van der Waals surface area contributed by atoms with Gasteiger partial charge in [-0.1, -0.05) is 17.8 Å². The highest BCUT2D eigenvalue weighted by Gasteiger charge is 2.30. The van der Waals surface area contributed by atoms with Crippen molar-refractivity contribution in [1.29, 1.82) is 0 Å². The Morgan fingerprint density at radius 1 is 1.32 bits per heavy atom. The molecule has 0 radical (unpaired) electrons. The Kier molecular flexibility index (Phi) is 4.33. The third-order valence-corrected chi connectivity index (χ3v) is 5.80. The van der Waals surface area contributed by atoms with E-state index in [0.29, 0.717) is 11.6 Å². The molecule has 2 aliphatic rings. The van der Waals surface area contributed by atoms with Crippen LogP contribution in [0.3, 0.4) is 0 Å². The lowest BCUT2D eigenvalue weighted by atomic mass is 9.97. The Morgan fingerprint density at radius 2 is 2.16 bits per heavy atom. The van der Waals surface area contributed by atoms with Crippen LogP contribution in [0.15, 0.2) is 28.2 Å². The van der Waals surface area contributed by atoms with Gasteiger partial charge in [0.25, 0.3) is 5.56 Å². The van der Waals surface area contributed by atoms with Crippen LogP contribution in [0.4, 0.5) is 5.82 Å². The van der Waals surface area contributed by atoms with E-state index < -0.39 is 0 Å². The van der Waals surface area contributed by atoms with Crippen LogP contribution in [0.25, 0.3) is 0 Å². The number of carbonyl (C=O) groups excluding carboxylic acids is 1. The van der Waals surface area contributed by atoms with Gasteiger partial charge in [-0.3, -0.25) is 14.2 Å². The number of aromatic nitrogens is 3. The van der Waals surface area contributed by atoms with Crippen LogP contribution in [-0.4, -0.2) is 26.2 Å². The molecule has 1 unspecified atom stereocenters. The molecule has 3 heterocycles. The lowest BCUT2D eigenvalue weighted by Gasteiger charge is -2.18. The molecular formula is C18H20N4O2S. The lowest BCUT2D eigenvalue weighted by molar-refractivity contribution is -0.116. The van der Waals surface area contributed by atoms with Crippen molar-refractivity contribution in [1.82, 2.24) is 14.5 Å². The standard InChI is InChI=1S/C18H20N4O2S/c1-11-5-4-8-15(19-11)21-16(23)9-12-10-25-18-20-14-7-3-2-6-13(14)17(24)22(12)18/h4-5,8,12H,2-3,6-7,9-10H2,1H3,(H,19,21,23). The number of hydrogen-bond donors (Lipinski definition) is 1. The summed E-state index contributed by atoms with van der Waals surface area (Å²) in [5.74, 6) is 1.13. The Balaban J connectivity index is 1.54. The van der Waals surface area contributed by atoms with E-state index in [1.807, 2.05) is 19.1 Å². The highest BCUT2D eigenvalue weighted by atomic mass is 32.2. The predicted molar refractivity (Wildman–Crippen MR) is 97.1 cm³/mol. The molecule has 6 nitrogen and oxygen atoms in total. The molecule has 1 N–H and O–H groups in total. The van der Waals surface area contributed by atoms with E-state index in [4.69, 9.17) is 0 Å². The molecule has 2 aromatic heterocycles. The normalized spacial score (nSPS) is 18.5. The molecule has 0 fully saturated rings. The van der Waals surface area contributed by atoms with Crippen molar-refractivity contribution in [3.8, 4) is 0 Å². The number of anilines is 1. The summed E-state index contributed by atoms with van der Waals surface area (Å²) in [6.07, 6.45) is 4.10. The quantitative estimate of drug-likeness (QED) is 0.855. The van der Waals surface area contributed by atoms with Crippen molar-refractivity contribution in [2.75, 3.05) is 11.1 Å². The first-order chi connectivity index (χ1) is 12.1. The number of thioether (sulfide) groups is 1. The summed E-state index contributed by atoms with van der Waals surface area (Å²) in [5.41, 5.74) is 2.72. The monoisotopic (exact) mass is 356 g/mol. The Morgan fingerprint density at radius 3 is 3.00 bits per heavy atom. The van der Waals surface area contributed by atoms with Crippen molar-refractivity contribution >= 4 is 23.5 Å². The molecule has 25 heavy (non-hydrogen) atoms. The molecule has 1 atom stereocenters. The van der Waals surface area contributed by atoms with Crippen LogP contribution in [0.1, 0.15) is 42.3 Å². The Labute approximate surface area is 150 Å². The second-order valence-electron chi connectivity index (χ2n) is 6.58. The molecule has 1 aliphatic carbocycles. The minimum atomic E-state index is -0.142. The average molecular weight is 356 g/mol. The molecule has 130 valence electrons. The Hall–Kier alpha value is -2.15.